The number of aromatic amines is 1. The van der Waals surface area contributed by atoms with E-state index < -0.39 is 10.0 Å². The van der Waals surface area contributed by atoms with Crippen LogP contribution in [0.15, 0.2) is 41.8 Å². The average Bonchev–Trinajstić information content (AvgIpc) is 3.16. The van der Waals surface area contributed by atoms with Crippen molar-refractivity contribution in [1.82, 2.24) is 14.5 Å². The standard InChI is InChI=1S/C21H28N4O3S/c1-21(2,3)18-15-19(24-23-18)22-20(26)17-9-12-25(13-10-17)29(27,28)14-11-16-7-5-4-6-8-16/h4-8,11,14-15,17H,9-10,12-13H2,1-3H3,(H2,22,23,24,26). The lowest BCUT2D eigenvalue weighted by Crippen LogP contribution is -2.40. The van der Waals surface area contributed by atoms with Gasteiger partial charge in [0, 0.05) is 41.6 Å². The molecule has 8 heteroatoms. The first kappa shape index (κ1) is 21.3. The van der Waals surface area contributed by atoms with Crippen molar-refractivity contribution >= 4 is 27.8 Å². The van der Waals surface area contributed by atoms with Crippen molar-refractivity contribution in [3.63, 3.8) is 0 Å². The molecule has 2 heterocycles. The van der Waals surface area contributed by atoms with Gasteiger partial charge in [-0.15, -0.1) is 0 Å². The molecule has 3 rings (SSSR count). The summed E-state index contributed by atoms with van der Waals surface area (Å²) in [6.07, 6.45) is 2.57. The highest BCUT2D eigenvalue weighted by Gasteiger charge is 2.30. The number of nitrogens with one attached hydrogen (secondary N) is 2. The Labute approximate surface area is 172 Å². The molecule has 1 saturated heterocycles. The van der Waals surface area contributed by atoms with Crippen LogP contribution in [0.4, 0.5) is 5.82 Å². The van der Waals surface area contributed by atoms with Crippen LogP contribution >= 0.6 is 0 Å². The van der Waals surface area contributed by atoms with Crippen LogP contribution in [0.1, 0.15) is 44.9 Å². The van der Waals surface area contributed by atoms with Gasteiger partial charge in [0.2, 0.25) is 15.9 Å². The Hall–Kier alpha value is -2.45. The first-order valence-electron chi connectivity index (χ1n) is 9.75. The first-order chi connectivity index (χ1) is 13.6. The van der Waals surface area contributed by atoms with Gasteiger partial charge in [-0.3, -0.25) is 9.89 Å². The number of carbonyl (C=O) groups excluding carboxylic acids is 1. The third-order valence-corrected chi connectivity index (χ3v) is 6.62. The minimum atomic E-state index is -3.50. The Kier molecular flexibility index (Phi) is 6.24. The Morgan fingerprint density at radius 2 is 1.86 bits per heavy atom. The second kappa shape index (κ2) is 8.51. The smallest absolute Gasteiger partial charge is 0.236 e. The van der Waals surface area contributed by atoms with Gasteiger partial charge in [-0.05, 0) is 24.5 Å². The van der Waals surface area contributed by atoms with Gasteiger partial charge >= 0.3 is 0 Å². The van der Waals surface area contributed by atoms with E-state index in [1.165, 1.54) is 9.71 Å². The summed E-state index contributed by atoms with van der Waals surface area (Å²) in [5.74, 6) is 0.156. The van der Waals surface area contributed by atoms with Crippen LogP contribution < -0.4 is 5.32 Å². The molecular formula is C21H28N4O3S. The zero-order valence-corrected chi connectivity index (χ0v) is 17.9. The van der Waals surface area contributed by atoms with Crippen LogP contribution in [0, 0.1) is 5.92 Å². The number of benzene rings is 1. The fraction of sp³-hybridized carbons (Fsp3) is 0.429. The lowest BCUT2D eigenvalue weighted by molar-refractivity contribution is -0.120. The van der Waals surface area contributed by atoms with Gasteiger partial charge in [0.25, 0.3) is 0 Å². The number of carbonyl (C=O) groups is 1. The average molecular weight is 417 g/mol. The number of aromatic nitrogens is 2. The molecule has 156 valence electrons. The first-order valence-corrected chi connectivity index (χ1v) is 11.3. The van der Waals surface area contributed by atoms with Crippen molar-refractivity contribution in [2.75, 3.05) is 18.4 Å². The van der Waals surface area contributed by atoms with Gasteiger partial charge in [-0.25, -0.2) is 8.42 Å². The van der Waals surface area contributed by atoms with E-state index in [2.05, 4.69) is 36.3 Å². The third-order valence-electron chi connectivity index (χ3n) is 5.05. The monoisotopic (exact) mass is 416 g/mol. The SMILES string of the molecule is CC(C)(C)c1cc(NC(=O)C2CCN(S(=O)(=O)C=Cc3ccccc3)CC2)n[nH]1. The van der Waals surface area contributed by atoms with E-state index in [0.29, 0.717) is 31.7 Å². The number of H-pyrrole nitrogens is 1. The summed E-state index contributed by atoms with van der Waals surface area (Å²) < 4.78 is 26.5. The van der Waals surface area contributed by atoms with Crippen molar-refractivity contribution in [2.45, 2.75) is 39.0 Å². The highest BCUT2D eigenvalue weighted by atomic mass is 32.2. The minimum absolute atomic E-state index is 0.0804. The Bertz CT molecular complexity index is 967. The molecule has 1 aliphatic rings. The van der Waals surface area contributed by atoms with E-state index in [9.17, 15) is 13.2 Å². The van der Waals surface area contributed by atoms with E-state index in [1.807, 2.05) is 36.4 Å². The van der Waals surface area contributed by atoms with Crippen LogP contribution in [0.2, 0.25) is 0 Å². The summed E-state index contributed by atoms with van der Waals surface area (Å²) in [6, 6.07) is 11.1. The second-order valence-electron chi connectivity index (χ2n) is 8.34. The third kappa shape index (κ3) is 5.55. The lowest BCUT2D eigenvalue weighted by Gasteiger charge is -2.29. The predicted octanol–water partition coefficient (Wildman–Crippen LogP) is 3.36. The minimum Gasteiger partial charge on any atom is -0.309 e. The maximum Gasteiger partial charge on any atom is 0.236 e. The molecule has 1 aromatic carbocycles. The largest absolute Gasteiger partial charge is 0.309 e. The molecule has 2 aromatic rings. The Morgan fingerprint density at radius 3 is 2.45 bits per heavy atom. The highest BCUT2D eigenvalue weighted by Crippen LogP contribution is 2.24. The summed E-state index contributed by atoms with van der Waals surface area (Å²) in [7, 11) is -3.50. The van der Waals surface area contributed by atoms with Gasteiger partial charge in [0.1, 0.15) is 0 Å². The molecule has 2 N–H and O–H groups in total. The second-order valence-corrected chi connectivity index (χ2v) is 10.2. The maximum absolute atomic E-state index is 12.5. The van der Waals surface area contributed by atoms with Crippen molar-refractivity contribution in [2.24, 2.45) is 5.92 Å². The summed E-state index contributed by atoms with van der Waals surface area (Å²) in [5.41, 5.74) is 1.70. The van der Waals surface area contributed by atoms with E-state index in [1.54, 1.807) is 6.08 Å². The van der Waals surface area contributed by atoms with Gasteiger partial charge in [-0.1, -0.05) is 51.1 Å². The van der Waals surface area contributed by atoms with Crippen molar-refractivity contribution < 1.29 is 13.2 Å². The number of hydrogen-bond acceptors (Lipinski definition) is 4. The molecule has 1 aromatic heterocycles. The van der Waals surface area contributed by atoms with Crippen molar-refractivity contribution in [3.8, 4) is 0 Å². The Morgan fingerprint density at radius 1 is 1.21 bits per heavy atom. The zero-order valence-electron chi connectivity index (χ0n) is 17.1. The topological polar surface area (TPSA) is 95.2 Å². The lowest BCUT2D eigenvalue weighted by atomic mass is 9.92. The van der Waals surface area contributed by atoms with Gasteiger partial charge in [-0.2, -0.15) is 9.40 Å². The van der Waals surface area contributed by atoms with E-state index in [4.69, 9.17) is 0 Å². The molecule has 1 amide bonds. The van der Waals surface area contributed by atoms with Crippen LogP contribution in [0.3, 0.4) is 0 Å². The fourth-order valence-electron chi connectivity index (χ4n) is 3.19. The van der Waals surface area contributed by atoms with Crippen LogP contribution in [-0.4, -0.2) is 41.9 Å². The molecule has 7 nitrogen and oxygen atoms in total. The van der Waals surface area contributed by atoms with Crippen molar-refractivity contribution in [3.05, 3.63) is 53.1 Å². The quantitative estimate of drug-likeness (QED) is 0.781. The van der Waals surface area contributed by atoms with Gasteiger partial charge in [0.15, 0.2) is 5.82 Å². The highest BCUT2D eigenvalue weighted by molar-refractivity contribution is 7.92. The summed E-state index contributed by atoms with van der Waals surface area (Å²) in [6.45, 7) is 6.85. The normalized spacial score (nSPS) is 16.9. The van der Waals surface area contributed by atoms with Gasteiger partial charge in [0.05, 0.1) is 0 Å². The molecule has 1 aliphatic heterocycles. The van der Waals surface area contributed by atoms with E-state index in [-0.39, 0.29) is 17.2 Å². The number of piperidine rings is 1. The van der Waals surface area contributed by atoms with Crippen LogP contribution in [-0.2, 0) is 20.2 Å². The van der Waals surface area contributed by atoms with Crippen LogP contribution in [0.5, 0.6) is 0 Å². The molecule has 0 unspecified atom stereocenters. The maximum atomic E-state index is 12.5. The molecule has 0 atom stereocenters. The Balaban J connectivity index is 1.55. The number of nitrogens with zero attached hydrogens (tertiary/aromatic N) is 2. The molecular weight excluding hydrogens is 388 g/mol. The number of anilines is 1. The molecule has 0 aliphatic carbocycles. The van der Waals surface area contributed by atoms with Crippen LogP contribution in [0.25, 0.3) is 6.08 Å². The molecule has 0 saturated carbocycles. The number of rotatable bonds is 5. The molecule has 29 heavy (non-hydrogen) atoms. The summed E-state index contributed by atoms with van der Waals surface area (Å²) in [4.78, 5) is 12.5. The number of amides is 1. The van der Waals surface area contributed by atoms with E-state index >= 15 is 0 Å². The van der Waals surface area contributed by atoms with Crippen molar-refractivity contribution in [1.29, 1.82) is 0 Å². The molecule has 0 radical (unpaired) electrons. The van der Waals surface area contributed by atoms with E-state index in [0.717, 1.165) is 11.3 Å². The molecule has 0 bridgehead atoms. The van der Waals surface area contributed by atoms with Gasteiger partial charge < -0.3 is 5.32 Å². The summed E-state index contributed by atoms with van der Waals surface area (Å²) in [5, 5.41) is 11.2. The molecule has 1 fully saturated rings. The predicted molar refractivity (Wildman–Crippen MR) is 115 cm³/mol. The zero-order chi connectivity index (χ0) is 21.1. The number of sulfonamides is 1. The summed E-state index contributed by atoms with van der Waals surface area (Å²) >= 11 is 0. The fourth-order valence-corrected chi connectivity index (χ4v) is 4.41. The molecule has 0 spiro atoms. The number of hydrogen-bond donors (Lipinski definition) is 2.